The minimum Gasteiger partial charge on any atom is -0.491 e. The standard InChI is InChI=1S/C16H20N2O3S/c1-12(2)21-16-5-4-15(10-13(16)3)22(19,20)18-11-14-6-8-17-9-7-14/h4-10,12,18H,11H2,1-3H3. The second-order valence-corrected chi connectivity index (χ2v) is 7.04. The molecule has 118 valence electrons. The Balaban J connectivity index is 2.14. The van der Waals surface area contributed by atoms with Gasteiger partial charge in [-0.3, -0.25) is 4.98 Å². The van der Waals surface area contributed by atoms with Crippen molar-refractivity contribution in [3.63, 3.8) is 0 Å². The molecule has 0 saturated heterocycles. The van der Waals surface area contributed by atoms with Crippen LogP contribution in [0.5, 0.6) is 5.75 Å². The van der Waals surface area contributed by atoms with Crippen LogP contribution in [0.1, 0.15) is 25.0 Å². The van der Waals surface area contributed by atoms with E-state index in [4.69, 9.17) is 4.74 Å². The van der Waals surface area contributed by atoms with Crippen molar-refractivity contribution in [1.29, 1.82) is 0 Å². The first-order valence-electron chi connectivity index (χ1n) is 7.04. The van der Waals surface area contributed by atoms with Crippen LogP contribution in [0.25, 0.3) is 0 Å². The molecule has 0 atom stereocenters. The molecule has 0 saturated carbocycles. The largest absolute Gasteiger partial charge is 0.491 e. The number of sulfonamides is 1. The minimum atomic E-state index is -3.55. The Morgan fingerprint density at radius 3 is 2.45 bits per heavy atom. The van der Waals surface area contributed by atoms with Crippen LogP contribution in [0.3, 0.4) is 0 Å². The van der Waals surface area contributed by atoms with Crippen LogP contribution < -0.4 is 9.46 Å². The van der Waals surface area contributed by atoms with Crippen LogP contribution in [0.2, 0.25) is 0 Å². The molecule has 0 fully saturated rings. The van der Waals surface area contributed by atoms with Crippen molar-refractivity contribution in [3.05, 3.63) is 53.9 Å². The fourth-order valence-electron chi connectivity index (χ4n) is 1.94. The zero-order valence-corrected chi connectivity index (χ0v) is 13.7. The fourth-order valence-corrected chi connectivity index (χ4v) is 3.04. The monoisotopic (exact) mass is 320 g/mol. The van der Waals surface area contributed by atoms with E-state index in [1.54, 1.807) is 42.7 Å². The van der Waals surface area contributed by atoms with E-state index < -0.39 is 10.0 Å². The molecular formula is C16H20N2O3S. The predicted octanol–water partition coefficient (Wildman–Crippen LogP) is 2.66. The minimum absolute atomic E-state index is 0.0472. The van der Waals surface area contributed by atoms with Crippen molar-refractivity contribution in [2.75, 3.05) is 0 Å². The number of ether oxygens (including phenoxy) is 1. The van der Waals surface area contributed by atoms with Gasteiger partial charge in [0.15, 0.2) is 0 Å². The molecule has 0 aliphatic rings. The molecule has 0 amide bonds. The van der Waals surface area contributed by atoms with Crippen LogP contribution in [0.15, 0.2) is 47.6 Å². The first-order valence-corrected chi connectivity index (χ1v) is 8.52. The molecule has 6 heteroatoms. The number of hydrogen-bond acceptors (Lipinski definition) is 4. The Morgan fingerprint density at radius 1 is 1.18 bits per heavy atom. The van der Waals surface area contributed by atoms with Crippen molar-refractivity contribution in [2.45, 2.75) is 38.3 Å². The van der Waals surface area contributed by atoms with Gasteiger partial charge in [0.2, 0.25) is 10.0 Å². The van der Waals surface area contributed by atoms with E-state index in [0.29, 0.717) is 5.75 Å². The summed E-state index contributed by atoms with van der Waals surface area (Å²) in [6.07, 6.45) is 3.31. The summed E-state index contributed by atoms with van der Waals surface area (Å²) in [4.78, 5) is 4.13. The molecule has 0 aliphatic carbocycles. The summed E-state index contributed by atoms with van der Waals surface area (Å²) in [6, 6.07) is 8.41. The zero-order chi connectivity index (χ0) is 16.2. The van der Waals surface area contributed by atoms with Crippen molar-refractivity contribution in [2.24, 2.45) is 0 Å². The maximum Gasteiger partial charge on any atom is 0.240 e. The number of aromatic nitrogens is 1. The summed E-state index contributed by atoms with van der Waals surface area (Å²) >= 11 is 0. The van der Waals surface area contributed by atoms with Gasteiger partial charge in [-0.1, -0.05) is 0 Å². The Labute approximate surface area is 131 Å². The van der Waals surface area contributed by atoms with Crippen LogP contribution in [0, 0.1) is 6.92 Å². The normalized spacial score (nSPS) is 11.6. The lowest BCUT2D eigenvalue weighted by atomic mass is 10.2. The molecule has 2 aromatic rings. The van der Waals surface area contributed by atoms with Gasteiger partial charge in [-0.15, -0.1) is 0 Å². The lowest BCUT2D eigenvalue weighted by Gasteiger charge is -2.14. The summed E-state index contributed by atoms with van der Waals surface area (Å²) in [7, 11) is -3.55. The number of rotatable bonds is 6. The third-order valence-corrected chi connectivity index (χ3v) is 4.43. The van der Waals surface area contributed by atoms with Gasteiger partial charge >= 0.3 is 0 Å². The molecule has 2 rings (SSSR count). The number of benzene rings is 1. The van der Waals surface area contributed by atoms with Gasteiger partial charge in [-0.2, -0.15) is 0 Å². The van der Waals surface area contributed by atoms with Crippen molar-refractivity contribution >= 4 is 10.0 Å². The average molecular weight is 320 g/mol. The lowest BCUT2D eigenvalue weighted by molar-refractivity contribution is 0.240. The smallest absolute Gasteiger partial charge is 0.240 e. The van der Waals surface area contributed by atoms with E-state index in [1.165, 1.54) is 0 Å². The van der Waals surface area contributed by atoms with Crippen LogP contribution in [-0.2, 0) is 16.6 Å². The number of aryl methyl sites for hydroxylation is 1. The van der Waals surface area contributed by atoms with Gasteiger partial charge in [0.25, 0.3) is 0 Å². The Bertz CT molecular complexity index is 728. The summed E-state index contributed by atoms with van der Waals surface area (Å²) < 4.78 is 32.8. The van der Waals surface area contributed by atoms with Crippen molar-refractivity contribution in [3.8, 4) is 5.75 Å². The Hall–Kier alpha value is -1.92. The highest BCUT2D eigenvalue weighted by Crippen LogP contribution is 2.22. The molecule has 0 radical (unpaired) electrons. The number of nitrogens with zero attached hydrogens (tertiary/aromatic N) is 1. The van der Waals surface area contributed by atoms with E-state index in [2.05, 4.69) is 9.71 Å². The Morgan fingerprint density at radius 2 is 1.86 bits per heavy atom. The lowest BCUT2D eigenvalue weighted by Crippen LogP contribution is -2.23. The van der Waals surface area contributed by atoms with Gasteiger partial charge in [0, 0.05) is 18.9 Å². The topological polar surface area (TPSA) is 68.3 Å². The molecule has 0 aliphatic heterocycles. The van der Waals surface area contributed by atoms with Crippen molar-refractivity contribution in [1.82, 2.24) is 9.71 Å². The summed E-state index contributed by atoms with van der Waals surface area (Å²) in [5.74, 6) is 0.697. The van der Waals surface area contributed by atoms with Crippen LogP contribution >= 0.6 is 0 Å². The number of hydrogen-bond donors (Lipinski definition) is 1. The summed E-state index contributed by atoms with van der Waals surface area (Å²) in [6.45, 7) is 5.93. The van der Waals surface area contributed by atoms with E-state index >= 15 is 0 Å². The predicted molar refractivity (Wildman–Crippen MR) is 85.2 cm³/mol. The van der Waals surface area contributed by atoms with Gasteiger partial charge in [0.05, 0.1) is 11.0 Å². The third kappa shape index (κ3) is 4.29. The molecule has 0 unspecified atom stereocenters. The summed E-state index contributed by atoms with van der Waals surface area (Å²) in [5, 5.41) is 0. The first kappa shape index (κ1) is 16.5. The van der Waals surface area contributed by atoms with E-state index in [1.807, 2.05) is 20.8 Å². The number of nitrogens with one attached hydrogen (secondary N) is 1. The van der Waals surface area contributed by atoms with E-state index in [9.17, 15) is 8.42 Å². The number of pyridine rings is 1. The second kappa shape index (κ2) is 6.89. The first-order chi connectivity index (χ1) is 10.4. The average Bonchev–Trinajstić information content (AvgIpc) is 2.48. The Kier molecular flexibility index (Phi) is 5.15. The zero-order valence-electron chi connectivity index (χ0n) is 12.9. The van der Waals surface area contributed by atoms with Gasteiger partial charge in [-0.25, -0.2) is 13.1 Å². The molecule has 1 heterocycles. The molecular weight excluding hydrogens is 300 g/mol. The third-order valence-electron chi connectivity index (χ3n) is 3.04. The van der Waals surface area contributed by atoms with Gasteiger partial charge < -0.3 is 4.74 Å². The highest BCUT2D eigenvalue weighted by atomic mass is 32.2. The highest BCUT2D eigenvalue weighted by Gasteiger charge is 2.15. The van der Waals surface area contributed by atoms with Gasteiger partial charge in [-0.05, 0) is 62.2 Å². The molecule has 0 spiro atoms. The maximum atomic E-state index is 12.3. The molecule has 1 N–H and O–H groups in total. The molecule has 22 heavy (non-hydrogen) atoms. The molecule has 1 aromatic carbocycles. The molecule has 1 aromatic heterocycles. The highest BCUT2D eigenvalue weighted by molar-refractivity contribution is 7.89. The van der Waals surface area contributed by atoms with Crippen molar-refractivity contribution < 1.29 is 13.2 Å². The molecule has 0 bridgehead atoms. The second-order valence-electron chi connectivity index (χ2n) is 5.27. The maximum absolute atomic E-state index is 12.3. The van der Waals surface area contributed by atoms with Crippen LogP contribution in [0.4, 0.5) is 0 Å². The van der Waals surface area contributed by atoms with E-state index in [-0.39, 0.29) is 17.5 Å². The molecule has 5 nitrogen and oxygen atoms in total. The van der Waals surface area contributed by atoms with Gasteiger partial charge in [0.1, 0.15) is 5.75 Å². The van der Waals surface area contributed by atoms with E-state index in [0.717, 1.165) is 11.1 Å². The quantitative estimate of drug-likeness (QED) is 0.888. The summed E-state index contributed by atoms with van der Waals surface area (Å²) in [5.41, 5.74) is 1.65. The SMILES string of the molecule is Cc1cc(S(=O)(=O)NCc2ccncc2)ccc1OC(C)C. The fraction of sp³-hybridized carbons (Fsp3) is 0.312. The van der Waals surface area contributed by atoms with Crippen LogP contribution in [-0.4, -0.2) is 19.5 Å².